The molecule has 1 atom stereocenters. The largest absolute Gasteiger partial charge is 0.494 e. The van der Waals surface area contributed by atoms with Crippen LogP contribution in [0.3, 0.4) is 0 Å². The first-order chi connectivity index (χ1) is 16.2. The molecule has 0 spiro atoms. The summed E-state index contributed by atoms with van der Waals surface area (Å²) in [4.78, 5) is 40.7. The first kappa shape index (κ1) is 24.1. The van der Waals surface area contributed by atoms with Gasteiger partial charge < -0.3 is 4.74 Å². The van der Waals surface area contributed by atoms with Crippen LogP contribution in [0.5, 0.6) is 5.75 Å². The number of imide groups is 1. The maximum absolute atomic E-state index is 13.1. The van der Waals surface area contributed by atoms with Gasteiger partial charge in [-0.2, -0.15) is 4.31 Å². The highest BCUT2D eigenvalue weighted by molar-refractivity contribution is 7.89. The minimum absolute atomic E-state index is 0.0226. The lowest BCUT2D eigenvalue weighted by Gasteiger charge is -2.36. The fraction of sp³-hybridized carbons (Fsp3) is 0.375. The van der Waals surface area contributed by atoms with E-state index in [1.807, 2.05) is 11.8 Å². The van der Waals surface area contributed by atoms with Gasteiger partial charge in [0, 0.05) is 31.7 Å². The van der Waals surface area contributed by atoms with Crippen molar-refractivity contribution in [2.75, 3.05) is 37.7 Å². The summed E-state index contributed by atoms with van der Waals surface area (Å²) in [7, 11) is -3.67. The van der Waals surface area contributed by atoms with E-state index < -0.39 is 16.1 Å². The average Bonchev–Trinajstić information content (AvgIpc) is 3.13. The number of benzene rings is 2. The molecule has 2 aromatic rings. The number of hydrogen-bond donors (Lipinski definition) is 0. The summed E-state index contributed by atoms with van der Waals surface area (Å²) in [5.74, 6) is -0.231. The zero-order valence-electron chi connectivity index (χ0n) is 19.1. The molecule has 2 amide bonds. The van der Waals surface area contributed by atoms with Crippen LogP contribution in [0, 0.1) is 0 Å². The van der Waals surface area contributed by atoms with Gasteiger partial charge in [0.05, 0.1) is 29.7 Å². The van der Waals surface area contributed by atoms with Gasteiger partial charge in [0.15, 0.2) is 5.78 Å². The number of ketones is 1. The summed E-state index contributed by atoms with van der Waals surface area (Å²) in [6, 6.07) is 12.1. The zero-order chi connectivity index (χ0) is 24.5. The Hall–Kier alpha value is -3.08. The number of nitrogens with zero attached hydrogens (tertiary/aromatic N) is 3. The third-order valence-corrected chi connectivity index (χ3v) is 8.03. The summed E-state index contributed by atoms with van der Waals surface area (Å²) < 4.78 is 32.8. The van der Waals surface area contributed by atoms with Gasteiger partial charge in [-0.3, -0.25) is 19.3 Å². The minimum atomic E-state index is -3.67. The number of amides is 2. The number of hydrogen-bond acceptors (Lipinski definition) is 7. The Kier molecular flexibility index (Phi) is 6.83. The van der Waals surface area contributed by atoms with Crippen molar-refractivity contribution in [1.82, 2.24) is 9.21 Å². The molecule has 34 heavy (non-hydrogen) atoms. The van der Waals surface area contributed by atoms with Gasteiger partial charge in [0.25, 0.3) is 5.91 Å². The van der Waals surface area contributed by atoms with Crippen molar-refractivity contribution in [3.8, 4) is 5.75 Å². The van der Waals surface area contributed by atoms with Crippen LogP contribution < -0.4 is 9.64 Å². The Morgan fingerprint density at radius 1 is 1.03 bits per heavy atom. The topological polar surface area (TPSA) is 104 Å². The van der Waals surface area contributed by atoms with E-state index in [0.717, 1.165) is 4.90 Å². The summed E-state index contributed by atoms with van der Waals surface area (Å²) >= 11 is 0. The molecule has 0 bridgehead atoms. The van der Waals surface area contributed by atoms with Gasteiger partial charge in [-0.25, -0.2) is 13.3 Å². The molecule has 9 nitrogen and oxygen atoms in total. The lowest BCUT2D eigenvalue weighted by Crippen LogP contribution is -2.53. The molecule has 0 N–H and O–H groups in total. The molecule has 0 saturated carbocycles. The number of piperazine rings is 1. The molecule has 2 saturated heterocycles. The van der Waals surface area contributed by atoms with Crippen molar-refractivity contribution >= 4 is 33.3 Å². The number of carbonyl (C=O) groups excluding carboxylic acids is 3. The SMILES string of the molecule is CCOc1ccc(S(=O)(=O)N2CCN([C@H]3CC(=O)N(c4cccc(C(C)=O)c4)C3=O)CC2)cc1. The van der Waals surface area contributed by atoms with Crippen molar-refractivity contribution in [3.63, 3.8) is 0 Å². The molecule has 2 aliphatic rings. The first-order valence-electron chi connectivity index (χ1n) is 11.2. The molecule has 0 radical (unpaired) electrons. The molecule has 10 heteroatoms. The highest BCUT2D eigenvalue weighted by Gasteiger charge is 2.44. The van der Waals surface area contributed by atoms with Crippen molar-refractivity contribution in [2.45, 2.75) is 31.2 Å². The molecule has 0 aliphatic carbocycles. The quantitative estimate of drug-likeness (QED) is 0.436. The standard InChI is InChI=1S/C24H27N3O6S/c1-3-33-20-7-9-21(10-8-20)34(31,32)26-13-11-25(12-14-26)22-16-23(29)27(24(22)30)19-6-4-5-18(15-19)17(2)28/h4-10,15,22H,3,11-14,16H2,1-2H3/t22-/m0/s1. The molecule has 2 aliphatic heterocycles. The molecule has 180 valence electrons. The molecule has 2 fully saturated rings. The normalized spacial score (nSPS) is 20.1. The summed E-state index contributed by atoms with van der Waals surface area (Å²) in [5, 5.41) is 0. The summed E-state index contributed by atoms with van der Waals surface area (Å²) in [6.45, 7) is 4.88. The van der Waals surface area contributed by atoms with E-state index in [1.165, 1.54) is 23.4 Å². The van der Waals surface area contributed by atoms with Crippen LogP contribution >= 0.6 is 0 Å². The van der Waals surface area contributed by atoms with E-state index in [1.54, 1.807) is 36.4 Å². The van der Waals surface area contributed by atoms with Crippen LogP contribution in [-0.2, 0) is 19.6 Å². The van der Waals surface area contributed by atoms with Crippen LogP contribution in [0.1, 0.15) is 30.6 Å². The Morgan fingerprint density at radius 3 is 2.32 bits per heavy atom. The van der Waals surface area contributed by atoms with Crippen molar-refractivity contribution in [2.24, 2.45) is 0 Å². The second-order valence-electron chi connectivity index (χ2n) is 8.24. The molecule has 0 aromatic heterocycles. The van der Waals surface area contributed by atoms with Gasteiger partial charge >= 0.3 is 0 Å². The predicted molar refractivity (Wildman–Crippen MR) is 125 cm³/mol. The fourth-order valence-electron chi connectivity index (χ4n) is 4.32. The van der Waals surface area contributed by atoms with Crippen LogP contribution in [0.25, 0.3) is 0 Å². The van der Waals surface area contributed by atoms with E-state index in [-0.39, 0.29) is 42.0 Å². The monoisotopic (exact) mass is 485 g/mol. The predicted octanol–water partition coefficient (Wildman–Crippen LogP) is 1.93. The summed E-state index contributed by atoms with van der Waals surface area (Å²) in [5.41, 5.74) is 0.802. The minimum Gasteiger partial charge on any atom is -0.494 e. The van der Waals surface area contributed by atoms with E-state index in [9.17, 15) is 22.8 Å². The van der Waals surface area contributed by atoms with Gasteiger partial charge in [-0.15, -0.1) is 0 Å². The van der Waals surface area contributed by atoms with Crippen molar-refractivity contribution in [3.05, 3.63) is 54.1 Å². The third kappa shape index (κ3) is 4.61. The first-order valence-corrected chi connectivity index (χ1v) is 12.6. The lowest BCUT2D eigenvalue weighted by molar-refractivity contribution is -0.123. The number of sulfonamides is 1. The smallest absolute Gasteiger partial charge is 0.251 e. The number of carbonyl (C=O) groups is 3. The molecule has 0 unspecified atom stereocenters. The Morgan fingerprint density at radius 2 is 1.71 bits per heavy atom. The number of anilines is 1. The van der Waals surface area contributed by atoms with Crippen molar-refractivity contribution in [1.29, 1.82) is 0 Å². The van der Waals surface area contributed by atoms with Crippen LogP contribution in [0.2, 0.25) is 0 Å². The second kappa shape index (κ2) is 9.65. The van der Waals surface area contributed by atoms with Crippen LogP contribution in [-0.4, -0.2) is 74.0 Å². The van der Waals surface area contributed by atoms with Gasteiger partial charge in [0.1, 0.15) is 5.75 Å². The van der Waals surface area contributed by atoms with Crippen LogP contribution in [0.15, 0.2) is 53.4 Å². The molecule has 2 heterocycles. The number of ether oxygens (including phenoxy) is 1. The van der Waals surface area contributed by atoms with Gasteiger partial charge in [0.2, 0.25) is 15.9 Å². The Bertz CT molecular complexity index is 1200. The zero-order valence-corrected chi connectivity index (χ0v) is 20.0. The Balaban J connectivity index is 1.43. The third-order valence-electron chi connectivity index (χ3n) is 6.12. The maximum atomic E-state index is 13.1. The average molecular weight is 486 g/mol. The van der Waals surface area contributed by atoms with Crippen LogP contribution in [0.4, 0.5) is 5.69 Å². The summed E-state index contributed by atoms with van der Waals surface area (Å²) in [6.07, 6.45) is 0.0226. The number of Topliss-reactive ketones (excluding diaryl/α,β-unsaturated/α-hetero) is 1. The van der Waals surface area contributed by atoms with Gasteiger partial charge in [-0.05, 0) is 50.2 Å². The second-order valence-corrected chi connectivity index (χ2v) is 10.2. The van der Waals surface area contributed by atoms with E-state index in [0.29, 0.717) is 36.7 Å². The highest BCUT2D eigenvalue weighted by Crippen LogP contribution is 2.28. The highest BCUT2D eigenvalue weighted by atomic mass is 32.2. The lowest BCUT2D eigenvalue weighted by atomic mass is 10.1. The molecule has 2 aromatic carbocycles. The van der Waals surface area contributed by atoms with E-state index >= 15 is 0 Å². The fourth-order valence-corrected chi connectivity index (χ4v) is 5.74. The van der Waals surface area contributed by atoms with E-state index in [2.05, 4.69) is 0 Å². The van der Waals surface area contributed by atoms with E-state index in [4.69, 9.17) is 4.74 Å². The number of rotatable bonds is 7. The maximum Gasteiger partial charge on any atom is 0.251 e. The molecule has 4 rings (SSSR count). The Labute approximate surface area is 198 Å². The molecular formula is C24H27N3O6S. The van der Waals surface area contributed by atoms with Crippen molar-refractivity contribution < 1.29 is 27.5 Å². The van der Waals surface area contributed by atoms with Gasteiger partial charge in [-0.1, -0.05) is 12.1 Å². The molecular weight excluding hydrogens is 458 g/mol.